The smallest absolute Gasteiger partial charge is 0.133 e. The molecule has 2 unspecified atom stereocenters. The van der Waals surface area contributed by atoms with E-state index in [1.807, 2.05) is 24.3 Å². The van der Waals surface area contributed by atoms with E-state index in [1.54, 1.807) is 0 Å². The average Bonchev–Trinajstić information content (AvgIpc) is 2.33. The van der Waals surface area contributed by atoms with Gasteiger partial charge in [-0.25, -0.2) is 0 Å². The third-order valence-electron chi connectivity index (χ3n) is 2.98. The summed E-state index contributed by atoms with van der Waals surface area (Å²) in [6.07, 6.45) is 4.39. The molecule has 1 aromatic rings. The molecule has 0 aliphatic heterocycles. The number of nitrogens with zero attached hydrogens (tertiary/aromatic N) is 1. The van der Waals surface area contributed by atoms with Crippen LogP contribution in [0, 0.1) is 20.8 Å². The molecule has 1 aliphatic carbocycles. The molecular weight excluding hydrogens is 313 g/mol. The minimum atomic E-state index is 0.0600. The van der Waals surface area contributed by atoms with Crippen LogP contribution in [0.2, 0.25) is 0 Å². The summed E-state index contributed by atoms with van der Waals surface area (Å²) in [6, 6.07) is 10.3. The first-order valence-electron chi connectivity index (χ1n) is 5.62. The second kappa shape index (κ2) is 5.53. The van der Waals surface area contributed by atoms with E-state index >= 15 is 0 Å². The third-order valence-corrected chi connectivity index (χ3v) is 3.87. The molecule has 1 aromatic carbocycles. The van der Waals surface area contributed by atoms with E-state index in [1.165, 1.54) is 6.42 Å². The van der Waals surface area contributed by atoms with Crippen LogP contribution in [0.3, 0.4) is 0 Å². The molecule has 16 heavy (non-hydrogen) atoms. The first-order valence-corrected chi connectivity index (χ1v) is 6.70. The maximum absolute atomic E-state index is 9.08. The van der Waals surface area contributed by atoms with Gasteiger partial charge < -0.3 is 4.74 Å². The highest BCUT2D eigenvalue weighted by Gasteiger charge is 2.26. The molecule has 1 aliphatic rings. The summed E-state index contributed by atoms with van der Waals surface area (Å²) in [7, 11) is 0. The number of rotatable bonds is 2. The Bertz CT molecular complexity index is 399. The Balaban J connectivity index is 2.09. The molecule has 0 heterocycles. The molecule has 0 radical (unpaired) electrons. The summed E-state index contributed by atoms with van der Waals surface area (Å²) in [5.41, 5.74) is 0. The number of halogens is 1. The van der Waals surface area contributed by atoms with E-state index < -0.39 is 0 Å². The van der Waals surface area contributed by atoms with E-state index in [4.69, 9.17) is 10.00 Å². The van der Waals surface area contributed by atoms with E-state index in [9.17, 15) is 0 Å². The fourth-order valence-corrected chi connectivity index (χ4v) is 2.60. The molecule has 0 spiro atoms. The van der Waals surface area contributed by atoms with Crippen LogP contribution in [-0.2, 0) is 0 Å². The Morgan fingerprint density at radius 2 is 2.00 bits per heavy atom. The van der Waals surface area contributed by atoms with Crippen molar-refractivity contribution < 1.29 is 4.74 Å². The van der Waals surface area contributed by atoms with Crippen LogP contribution in [0.4, 0.5) is 0 Å². The lowest BCUT2D eigenvalue weighted by Crippen LogP contribution is -2.29. The van der Waals surface area contributed by atoms with Crippen LogP contribution in [0.1, 0.15) is 25.7 Å². The van der Waals surface area contributed by atoms with Crippen LogP contribution >= 0.6 is 22.6 Å². The van der Waals surface area contributed by atoms with Gasteiger partial charge in [0.15, 0.2) is 0 Å². The zero-order chi connectivity index (χ0) is 11.4. The molecule has 0 amide bonds. The fraction of sp³-hybridized carbons (Fsp3) is 0.462. The first-order chi connectivity index (χ1) is 7.81. The van der Waals surface area contributed by atoms with E-state index in [0.29, 0.717) is 0 Å². The normalized spacial score (nSPS) is 24.8. The van der Waals surface area contributed by atoms with Crippen LogP contribution in [0.25, 0.3) is 0 Å². The number of nitriles is 1. The molecule has 2 rings (SSSR count). The topological polar surface area (TPSA) is 33.0 Å². The molecule has 1 saturated carbocycles. The van der Waals surface area contributed by atoms with Gasteiger partial charge in [-0.15, -0.1) is 0 Å². The van der Waals surface area contributed by atoms with Crippen molar-refractivity contribution in [3.63, 3.8) is 0 Å². The van der Waals surface area contributed by atoms with Gasteiger partial charge in [0.05, 0.1) is 15.6 Å². The lowest BCUT2D eigenvalue weighted by molar-refractivity contribution is 0.119. The maximum atomic E-state index is 9.08. The highest BCUT2D eigenvalue weighted by Crippen LogP contribution is 2.30. The number of ether oxygens (including phenoxy) is 1. The van der Waals surface area contributed by atoms with Crippen molar-refractivity contribution in [3.8, 4) is 11.8 Å². The molecule has 3 heteroatoms. The van der Waals surface area contributed by atoms with Crippen molar-refractivity contribution in [1.82, 2.24) is 0 Å². The second-order valence-corrected chi connectivity index (χ2v) is 5.27. The maximum Gasteiger partial charge on any atom is 0.133 e. The van der Waals surface area contributed by atoms with E-state index in [-0.39, 0.29) is 12.0 Å². The number of hydrogen-bond donors (Lipinski definition) is 0. The molecule has 0 bridgehead atoms. The van der Waals surface area contributed by atoms with E-state index in [2.05, 4.69) is 28.7 Å². The van der Waals surface area contributed by atoms with Crippen LogP contribution in [-0.4, -0.2) is 6.10 Å². The molecule has 2 atom stereocenters. The first kappa shape index (κ1) is 11.7. The quantitative estimate of drug-likeness (QED) is 0.775. The standard InChI is InChI=1S/C13H14INO/c14-11-6-2-4-8-13(11)16-12-7-3-1-5-10(12)9-15/h2,4,6,8,10,12H,1,3,5,7H2. The minimum absolute atomic E-state index is 0.0600. The molecule has 84 valence electrons. The largest absolute Gasteiger partial charge is 0.488 e. The van der Waals surface area contributed by atoms with Gasteiger partial charge in [0.1, 0.15) is 11.9 Å². The summed E-state index contributed by atoms with van der Waals surface area (Å²) in [5, 5.41) is 9.08. The predicted octanol–water partition coefficient (Wildman–Crippen LogP) is 3.75. The Hall–Kier alpha value is -0.760. The zero-order valence-electron chi connectivity index (χ0n) is 9.03. The van der Waals surface area contributed by atoms with Crippen molar-refractivity contribution in [2.24, 2.45) is 5.92 Å². The van der Waals surface area contributed by atoms with Gasteiger partial charge in [-0.2, -0.15) is 5.26 Å². The Morgan fingerprint density at radius 3 is 2.75 bits per heavy atom. The van der Waals surface area contributed by atoms with E-state index in [0.717, 1.165) is 28.6 Å². The minimum Gasteiger partial charge on any atom is -0.488 e. The number of para-hydroxylation sites is 1. The molecule has 0 aromatic heterocycles. The summed E-state index contributed by atoms with van der Waals surface area (Å²) in [5.74, 6) is 0.972. The highest BCUT2D eigenvalue weighted by atomic mass is 127. The summed E-state index contributed by atoms with van der Waals surface area (Å²) in [4.78, 5) is 0. The summed E-state index contributed by atoms with van der Waals surface area (Å²) in [6.45, 7) is 0. The monoisotopic (exact) mass is 327 g/mol. The number of benzene rings is 1. The zero-order valence-corrected chi connectivity index (χ0v) is 11.2. The van der Waals surface area contributed by atoms with Gasteiger partial charge in [-0.1, -0.05) is 18.6 Å². The van der Waals surface area contributed by atoms with Crippen LogP contribution in [0.5, 0.6) is 5.75 Å². The van der Waals surface area contributed by atoms with Crippen molar-refractivity contribution in [3.05, 3.63) is 27.8 Å². The van der Waals surface area contributed by atoms with Gasteiger partial charge >= 0.3 is 0 Å². The molecule has 1 fully saturated rings. The third kappa shape index (κ3) is 2.67. The lowest BCUT2D eigenvalue weighted by atomic mass is 9.87. The Morgan fingerprint density at radius 1 is 1.25 bits per heavy atom. The fourth-order valence-electron chi connectivity index (χ4n) is 2.09. The van der Waals surface area contributed by atoms with Gasteiger partial charge in [-0.05, 0) is 54.0 Å². The van der Waals surface area contributed by atoms with Crippen molar-refractivity contribution >= 4 is 22.6 Å². The molecule has 0 N–H and O–H groups in total. The molecule has 2 nitrogen and oxygen atoms in total. The van der Waals surface area contributed by atoms with Crippen molar-refractivity contribution in [2.45, 2.75) is 31.8 Å². The predicted molar refractivity (Wildman–Crippen MR) is 71.1 cm³/mol. The highest BCUT2D eigenvalue weighted by molar-refractivity contribution is 14.1. The molecular formula is C13H14INO. The summed E-state index contributed by atoms with van der Waals surface area (Å²) >= 11 is 2.27. The number of hydrogen-bond acceptors (Lipinski definition) is 2. The van der Waals surface area contributed by atoms with Crippen LogP contribution < -0.4 is 4.74 Å². The van der Waals surface area contributed by atoms with Gasteiger partial charge in [0.25, 0.3) is 0 Å². The van der Waals surface area contributed by atoms with Gasteiger partial charge in [0, 0.05) is 0 Å². The van der Waals surface area contributed by atoms with Crippen molar-refractivity contribution in [1.29, 1.82) is 5.26 Å². The van der Waals surface area contributed by atoms with Gasteiger partial charge in [-0.3, -0.25) is 0 Å². The summed E-state index contributed by atoms with van der Waals surface area (Å²) < 4.78 is 7.07. The average molecular weight is 327 g/mol. The SMILES string of the molecule is N#CC1CCCCC1Oc1ccccc1I. The Kier molecular flexibility index (Phi) is 4.05. The lowest BCUT2D eigenvalue weighted by Gasteiger charge is -2.27. The van der Waals surface area contributed by atoms with Crippen molar-refractivity contribution in [2.75, 3.05) is 0 Å². The Labute approximate surface area is 110 Å². The van der Waals surface area contributed by atoms with Gasteiger partial charge in [0.2, 0.25) is 0 Å². The molecule has 0 saturated heterocycles. The van der Waals surface area contributed by atoms with Crippen LogP contribution in [0.15, 0.2) is 24.3 Å². The second-order valence-electron chi connectivity index (χ2n) is 4.11.